The minimum absolute atomic E-state index is 0.105. The molecule has 0 bridgehead atoms. The standard InChI is InChI=1S/C78H152O17P2/c1-6-9-12-15-18-21-24-26-28-30-31-33-35-37-39-42-48-53-58-63-77(82)94-73(67-89-76(81)62-57-52-47-41-38-36-34-32-29-27-25-22-19-16-13-10-7-2)69-92-96(84,85)90-65-72(79)66-91-97(86,87)93-70-74(68-88-75(80)61-56-51-46-40-23-20-17-14-11-8-3)95-78(83)64-59-54-49-44-43-45-50-55-60-71(4)5/h71-74,79H,6-70H2,1-5H3,(H,84,85)(H,86,87)/t72-,73-,74-/m1/s1. The average molecular weight is 1420 g/mol. The predicted octanol–water partition coefficient (Wildman–Crippen LogP) is 23.3. The van der Waals surface area contributed by atoms with Crippen LogP contribution in [0.5, 0.6) is 0 Å². The Balaban J connectivity index is 5.22. The topological polar surface area (TPSA) is 237 Å². The van der Waals surface area contributed by atoms with Gasteiger partial charge in [0.1, 0.15) is 19.3 Å². The lowest BCUT2D eigenvalue weighted by Gasteiger charge is -2.21. The van der Waals surface area contributed by atoms with E-state index < -0.39 is 97.5 Å². The number of ether oxygens (including phenoxy) is 4. The maximum absolute atomic E-state index is 13.1. The minimum Gasteiger partial charge on any atom is -0.462 e. The zero-order valence-electron chi connectivity index (χ0n) is 63.2. The van der Waals surface area contributed by atoms with Gasteiger partial charge in [-0.1, -0.05) is 362 Å². The van der Waals surface area contributed by atoms with Crippen LogP contribution in [0.1, 0.15) is 413 Å². The van der Waals surface area contributed by atoms with Crippen molar-refractivity contribution in [2.75, 3.05) is 39.6 Å². The molecule has 0 aromatic carbocycles. The molecular formula is C78H152O17P2. The molecule has 0 spiro atoms. The number of aliphatic hydroxyl groups excluding tert-OH is 1. The number of carbonyl (C=O) groups is 4. The van der Waals surface area contributed by atoms with Crippen LogP contribution in [0.2, 0.25) is 0 Å². The molecule has 576 valence electrons. The molecule has 17 nitrogen and oxygen atoms in total. The van der Waals surface area contributed by atoms with E-state index in [1.165, 1.54) is 238 Å². The Hall–Kier alpha value is -1.94. The van der Waals surface area contributed by atoms with Crippen molar-refractivity contribution in [2.45, 2.75) is 432 Å². The van der Waals surface area contributed by atoms with Gasteiger partial charge in [-0.05, 0) is 31.6 Å². The third kappa shape index (κ3) is 72.2. The fourth-order valence-corrected chi connectivity index (χ4v) is 13.6. The molecule has 0 heterocycles. The first-order valence-corrected chi connectivity index (χ1v) is 43.6. The van der Waals surface area contributed by atoms with Gasteiger partial charge in [-0.15, -0.1) is 0 Å². The molecular weight excluding hydrogens is 1270 g/mol. The summed E-state index contributed by atoms with van der Waals surface area (Å²) in [6.45, 7) is 7.26. The van der Waals surface area contributed by atoms with E-state index in [1.807, 2.05) is 0 Å². The van der Waals surface area contributed by atoms with Gasteiger partial charge in [0.25, 0.3) is 0 Å². The number of unbranched alkanes of at least 4 members (excludes halogenated alkanes) is 50. The Bertz CT molecular complexity index is 1860. The van der Waals surface area contributed by atoms with Crippen LogP contribution in [0.3, 0.4) is 0 Å². The molecule has 5 atom stereocenters. The zero-order chi connectivity index (χ0) is 71.2. The first-order valence-electron chi connectivity index (χ1n) is 40.6. The first-order chi connectivity index (χ1) is 47.0. The van der Waals surface area contributed by atoms with Gasteiger partial charge >= 0.3 is 39.5 Å². The van der Waals surface area contributed by atoms with Crippen LogP contribution in [0.15, 0.2) is 0 Å². The van der Waals surface area contributed by atoms with Crippen LogP contribution in [-0.2, 0) is 65.4 Å². The summed E-state index contributed by atoms with van der Waals surface area (Å²) < 4.78 is 68.6. The van der Waals surface area contributed by atoms with Crippen molar-refractivity contribution in [3.05, 3.63) is 0 Å². The molecule has 0 aliphatic carbocycles. The third-order valence-electron chi connectivity index (χ3n) is 18.3. The Morgan fingerprint density at radius 1 is 0.278 bits per heavy atom. The Labute approximate surface area is 594 Å². The molecule has 0 aromatic rings. The van der Waals surface area contributed by atoms with Crippen molar-refractivity contribution in [1.29, 1.82) is 0 Å². The van der Waals surface area contributed by atoms with Crippen molar-refractivity contribution in [3.8, 4) is 0 Å². The SMILES string of the molecule is CCCCCCCCCCCCCCCCCCCCCC(=O)O[C@H](COC(=O)CCCCCCCCCCCCCCCCCCC)COP(=O)(O)OC[C@@H](O)COP(=O)(O)OC[C@@H](COC(=O)CCCCCCCCCCCC)OC(=O)CCCCCCCCCCC(C)C. The van der Waals surface area contributed by atoms with Crippen LogP contribution in [-0.4, -0.2) is 96.7 Å². The first kappa shape index (κ1) is 95.1. The fourth-order valence-electron chi connectivity index (χ4n) is 12.1. The number of carbonyl (C=O) groups excluding carboxylic acids is 4. The summed E-state index contributed by atoms with van der Waals surface area (Å²) in [6.07, 6.45) is 61.1. The summed E-state index contributed by atoms with van der Waals surface area (Å²) in [6, 6.07) is 0. The van der Waals surface area contributed by atoms with Crippen LogP contribution < -0.4 is 0 Å². The van der Waals surface area contributed by atoms with Gasteiger partial charge in [-0.3, -0.25) is 37.3 Å². The van der Waals surface area contributed by atoms with E-state index in [1.54, 1.807) is 0 Å². The minimum atomic E-state index is -4.96. The number of esters is 4. The molecule has 0 rings (SSSR count). The number of rotatable bonds is 78. The molecule has 0 fully saturated rings. The summed E-state index contributed by atoms with van der Waals surface area (Å²) in [5, 5.41) is 10.6. The molecule has 0 amide bonds. The summed E-state index contributed by atoms with van der Waals surface area (Å²) >= 11 is 0. The maximum atomic E-state index is 13.1. The second kappa shape index (κ2) is 71.1. The predicted molar refractivity (Wildman–Crippen MR) is 395 cm³/mol. The van der Waals surface area contributed by atoms with Crippen molar-refractivity contribution in [3.63, 3.8) is 0 Å². The van der Waals surface area contributed by atoms with Crippen LogP contribution in [0.4, 0.5) is 0 Å². The highest BCUT2D eigenvalue weighted by molar-refractivity contribution is 7.47. The lowest BCUT2D eigenvalue weighted by atomic mass is 10.0. The molecule has 2 unspecified atom stereocenters. The molecule has 19 heteroatoms. The van der Waals surface area contributed by atoms with Crippen molar-refractivity contribution in [2.24, 2.45) is 5.92 Å². The van der Waals surface area contributed by atoms with Crippen molar-refractivity contribution >= 4 is 39.5 Å². The Morgan fingerprint density at radius 3 is 0.701 bits per heavy atom. The zero-order valence-corrected chi connectivity index (χ0v) is 65.0. The van der Waals surface area contributed by atoms with Crippen LogP contribution >= 0.6 is 15.6 Å². The van der Waals surface area contributed by atoms with Gasteiger partial charge < -0.3 is 33.8 Å². The van der Waals surface area contributed by atoms with Gasteiger partial charge in [-0.2, -0.15) is 0 Å². The summed E-state index contributed by atoms with van der Waals surface area (Å²) in [4.78, 5) is 72.8. The molecule has 0 radical (unpaired) electrons. The van der Waals surface area contributed by atoms with E-state index >= 15 is 0 Å². The van der Waals surface area contributed by atoms with Crippen molar-refractivity contribution < 1.29 is 80.2 Å². The fraction of sp³-hybridized carbons (Fsp3) is 0.949. The normalized spacial score (nSPS) is 13.9. The lowest BCUT2D eigenvalue weighted by Crippen LogP contribution is -2.30. The molecule has 3 N–H and O–H groups in total. The van der Waals surface area contributed by atoms with Gasteiger partial charge in [-0.25, -0.2) is 9.13 Å². The molecule has 0 aliphatic rings. The summed E-state index contributed by atoms with van der Waals surface area (Å²) in [5.74, 6) is -1.39. The monoisotopic (exact) mass is 1420 g/mol. The largest absolute Gasteiger partial charge is 0.472 e. The second-order valence-corrected chi connectivity index (χ2v) is 31.5. The maximum Gasteiger partial charge on any atom is 0.472 e. The molecule has 0 saturated heterocycles. The molecule has 0 aliphatic heterocycles. The summed E-state index contributed by atoms with van der Waals surface area (Å²) in [7, 11) is -9.91. The van der Waals surface area contributed by atoms with E-state index in [2.05, 4.69) is 34.6 Å². The van der Waals surface area contributed by atoms with E-state index in [-0.39, 0.29) is 25.7 Å². The van der Waals surface area contributed by atoms with E-state index in [9.17, 15) is 43.2 Å². The molecule has 0 aromatic heterocycles. The number of phosphoric ester groups is 2. The summed E-state index contributed by atoms with van der Waals surface area (Å²) in [5.41, 5.74) is 0. The highest BCUT2D eigenvalue weighted by Crippen LogP contribution is 2.45. The third-order valence-corrected chi connectivity index (χ3v) is 20.2. The number of hydrogen-bond acceptors (Lipinski definition) is 15. The average Bonchev–Trinajstić information content (AvgIpc) is 1.26. The van der Waals surface area contributed by atoms with Gasteiger partial charge in [0.2, 0.25) is 0 Å². The van der Waals surface area contributed by atoms with E-state index in [0.29, 0.717) is 25.7 Å². The highest BCUT2D eigenvalue weighted by atomic mass is 31.2. The Morgan fingerprint density at radius 2 is 0.474 bits per heavy atom. The highest BCUT2D eigenvalue weighted by Gasteiger charge is 2.30. The van der Waals surface area contributed by atoms with E-state index in [4.69, 9.17) is 37.0 Å². The molecule has 0 saturated carbocycles. The second-order valence-electron chi connectivity index (χ2n) is 28.6. The number of phosphoric acid groups is 2. The van der Waals surface area contributed by atoms with E-state index in [0.717, 1.165) is 95.8 Å². The number of aliphatic hydroxyl groups is 1. The van der Waals surface area contributed by atoms with Crippen LogP contribution in [0, 0.1) is 5.92 Å². The smallest absolute Gasteiger partial charge is 0.462 e. The lowest BCUT2D eigenvalue weighted by molar-refractivity contribution is -0.161. The van der Waals surface area contributed by atoms with Gasteiger partial charge in [0.05, 0.1) is 26.4 Å². The quantitative estimate of drug-likeness (QED) is 0.0222. The molecule has 97 heavy (non-hydrogen) atoms. The number of hydrogen-bond donors (Lipinski definition) is 3. The van der Waals surface area contributed by atoms with Crippen molar-refractivity contribution in [1.82, 2.24) is 0 Å². The van der Waals surface area contributed by atoms with Gasteiger partial charge in [0, 0.05) is 25.7 Å². The van der Waals surface area contributed by atoms with Gasteiger partial charge in [0.15, 0.2) is 12.2 Å². The van der Waals surface area contributed by atoms with Crippen LogP contribution in [0.25, 0.3) is 0 Å². The Kier molecular flexibility index (Phi) is 69.6.